The van der Waals surface area contributed by atoms with E-state index in [0.717, 1.165) is 19.3 Å². The molecule has 1 aliphatic rings. The maximum atomic E-state index is 11.1. The van der Waals surface area contributed by atoms with E-state index < -0.39 is 24.6 Å². The van der Waals surface area contributed by atoms with Gasteiger partial charge in [0.2, 0.25) is 0 Å². The molecule has 0 saturated heterocycles. The van der Waals surface area contributed by atoms with Crippen molar-refractivity contribution in [2.75, 3.05) is 7.11 Å². The molecule has 0 amide bonds. The Morgan fingerprint density at radius 2 is 1.94 bits per heavy atom. The molecule has 0 unspecified atom stereocenters. The first-order valence-corrected chi connectivity index (χ1v) is 15.8. The monoisotopic (exact) mass is 416 g/mol. The van der Waals surface area contributed by atoms with Crippen molar-refractivity contribution in [1.29, 1.82) is 0 Å². The summed E-state index contributed by atoms with van der Waals surface area (Å²) in [6.45, 7) is 1.51. The minimum atomic E-state index is -0.707. The molecular formula is C12H22HgO3. The van der Waals surface area contributed by atoms with Crippen LogP contribution >= 0.6 is 0 Å². The third kappa shape index (κ3) is 4.32. The average Bonchev–Trinajstić information content (AvgIpc) is 2.42. The van der Waals surface area contributed by atoms with Crippen molar-refractivity contribution in [3.05, 3.63) is 0 Å². The molecular weight excluding hydrogens is 393 g/mol. The Morgan fingerprint density at radius 1 is 1.31 bits per heavy atom. The van der Waals surface area contributed by atoms with Gasteiger partial charge in [0.25, 0.3) is 0 Å². The summed E-state index contributed by atoms with van der Waals surface area (Å²) < 4.78 is 14.8. The molecule has 0 spiro atoms. The van der Waals surface area contributed by atoms with Gasteiger partial charge < -0.3 is 0 Å². The number of hydrogen-bond donors (Lipinski definition) is 0. The molecule has 0 aliphatic heterocycles. The molecule has 0 aromatic carbocycles. The number of carbonyl (C=O) groups is 1. The van der Waals surface area contributed by atoms with Crippen LogP contribution in [0.1, 0.15) is 32.6 Å². The molecule has 3 nitrogen and oxygen atoms in total. The molecule has 4 heteroatoms. The second kappa shape index (κ2) is 7.65. The normalized spacial score (nSPS) is 30.3. The number of hydrogen-bond acceptors (Lipinski definition) is 3. The standard InChI is InChI=1S/C11H19O3.CH3.Hg/c1-8-10(13-3)6-4-5-7-11(8)14-9(2)12;;/h8,10-11H,1,4-7H2,2-3H3;1H3;/t8-,10+,11+;;/m0../s1. The quantitative estimate of drug-likeness (QED) is 0.403. The summed E-state index contributed by atoms with van der Waals surface area (Å²) in [4.78, 5) is 11.1. The predicted octanol–water partition coefficient (Wildman–Crippen LogP) is 2.67. The van der Waals surface area contributed by atoms with Crippen LogP contribution in [0.15, 0.2) is 0 Å². The van der Waals surface area contributed by atoms with Crippen LogP contribution in [-0.4, -0.2) is 25.3 Å². The van der Waals surface area contributed by atoms with E-state index in [-0.39, 0.29) is 12.1 Å². The summed E-state index contributed by atoms with van der Waals surface area (Å²) in [5, 5.41) is 0. The van der Waals surface area contributed by atoms with Gasteiger partial charge in [-0.15, -0.1) is 0 Å². The number of methoxy groups -OCH3 is 1. The van der Waals surface area contributed by atoms with Gasteiger partial charge in [-0.2, -0.15) is 0 Å². The Balaban J connectivity index is 2.69. The summed E-state index contributed by atoms with van der Waals surface area (Å²) in [5.41, 5.74) is 0. The Bertz CT molecular complexity index is 220. The molecule has 0 radical (unpaired) electrons. The summed E-state index contributed by atoms with van der Waals surface area (Å²) in [7, 11) is 1.79. The molecule has 90 valence electrons. The van der Waals surface area contributed by atoms with E-state index in [1.807, 2.05) is 0 Å². The van der Waals surface area contributed by atoms with Gasteiger partial charge in [0.05, 0.1) is 0 Å². The third-order valence-electron chi connectivity index (χ3n) is 3.42. The predicted molar refractivity (Wildman–Crippen MR) is 59.0 cm³/mol. The Kier molecular flexibility index (Phi) is 6.89. The van der Waals surface area contributed by atoms with Crippen LogP contribution in [0.3, 0.4) is 0 Å². The zero-order valence-electron chi connectivity index (χ0n) is 10.7. The first-order chi connectivity index (χ1) is 7.69. The maximum absolute atomic E-state index is 11.1. The van der Waals surface area contributed by atoms with Crippen LogP contribution in [-0.2, 0) is 38.8 Å². The van der Waals surface area contributed by atoms with E-state index in [1.54, 1.807) is 7.11 Å². The van der Waals surface area contributed by atoms with Gasteiger partial charge in [0, 0.05) is 0 Å². The van der Waals surface area contributed by atoms with E-state index >= 15 is 0 Å². The first kappa shape index (κ1) is 14.4. The molecule has 0 bridgehead atoms. The van der Waals surface area contributed by atoms with Crippen LogP contribution < -0.4 is 0 Å². The number of esters is 1. The molecule has 16 heavy (non-hydrogen) atoms. The van der Waals surface area contributed by atoms with Gasteiger partial charge in [0.15, 0.2) is 0 Å². The number of carbonyl (C=O) groups excluding carboxylic acids is 1. The number of rotatable bonds is 4. The van der Waals surface area contributed by atoms with Crippen molar-refractivity contribution in [3.63, 3.8) is 0 Å². The Morgan fingerprint density at radius 3 is 2.44 bits per heavy atom. The fourth-order valence-corrected chi connectivity index (χ4v) is 8.20. The van der Waals surface area contributed by atoms with Crippen LogP contribution in [0.5, 0.6) is 0 Å². The molecule has 3 atom stereocenters. The fraction of sp³-hybridized carbons (Fsp3) is 0.917. The average molecular weight is 415 g/mol. The molecule has 0 aromatic rings. The first-order valence-electron chi connectivity index (χ1n) is 6.39. The Hall–Kier alpha value is 0.365. The summed E-state index contributed by atoms with van der Waals surface area (Å²) >= 11 is -0.707. The minimum absolute atomic E-state index is 0.116. The van der Waals surface area contributed by atoms with Crippen molar-refractivity contribution in [2.45, 2.75) is 53.2 Å². The third-order valence-corrected chi connectivity index (χ3v) is 8.26. The molecule has 1 aliphatic carbocycles. The second-order valence-corrected chi connectivity index (χ2v) is 10.8. The summed E-state index contributed by atoms with van der Waals surface area (Å²) in [6, 6.07) is 0. The Labute approximate surface area is 111 Å². The van der Waals surface area contributed by atoms with Crippen molar-refractivity contribution < 1.29 is 38.8 Å². The molecule has 1 rings (SSSR count). The van der Waals surface area contributed by atoms with Gasteiger partial charge in [-0.3, -0.25) is 0 Å². The van der Waals surface area contributed by atoms with Crippen LogP contribution in [0.25, 0.3) is 0 Å². The van der Waals surface area contributed by atoms with Gasteiger partial charge in [0.1, 0.15) is 0 Å². The van der Waals surface area contributed by atoms with Crippen molar-refractivity contribution in [2.24, 2.45) is 5.92 Å². The molecule has 0 N–H and O–H groups in total. The zero-order valence-corrected chi connectivity index (χ0v) is 16.2. The second-order valence-electron chi connectivity index (χ2n) is 4.66. The van der Waals surface area contributed by atoms with E-state index in [9.17, 15) is 4.79 Å². The molecule has 0 aromatic heterocycles. The fourth-order valence-electron chi connectivity index (χ4n) is 2.72. The van der Waals surface area contributed by atoms with Crippen molar-refractivity contribution in [3.8, 4) is 0 Å². The molecule has 1 fully saturated rings. The molecule has 1 saturated carbocycles. The number of ether oxygens (including phenoxy) is 2. The van der Waals surface area contributed by atoms with E-state index in [4.69, 9.17) is 9.47 Å². The van der Waals surface area contributed by atoms with E-state index in [2.05, 4.69) is 4.43 Å². The van der Waals surface area contributed by atoms with Crippen LogP contribution in [0, 0.1) is 5.92 Å². The van der Waals surface area contributed by atoms with Gasteiger partial charge >= 0.3 is 111 Å². The van der Waals surface area contributed by atoms with E-state index in [1.165, 1.54) is 17.3 Å². The van der Waals surface area contributed by atoms with Gasteiger partial charge in [-0.1, -0.05) is 0 Å². The van der Waals surface area contributed by atoms with Crippen LogP contribution in [0.2, 0.25) is 8.36 Å². The summed E-state index contributed by atoms with van der Waals surface area (Å²) in [5.74, 6) is 0.336. The van der Waals surface area contributed by atoms with Crippen LogP contribution in [0.4, 0.5) is 0 Å². The summed E-state index contributed by atoms with van der Waals surface area (Å²) in [6.07, 6.45) is 4.95. The topological polar surface area (TPSA) is 35.5 Å². The van der Waals surface area contributed by atoms with Gasteiger partial charge in [-0.05, 0) is 0 Å². The van der Waals surface area contributed by atoms with Gasteiger partial charge in [-0.25, -0.2) is 0 Å². The van der Waals surface area contributed by atoms with Crippen molar-refractivity contribution in [1.82, 2.24) is 0 Å². The zero-order chi connectivity index (χ0) is 12.0. The van der Waals surface area contributed by atoms with Crippen molar-refractivity contribution >= 4 is 5.97 Å². The SMILES string of the molecule is CO[C@@H]1CCCC[C@@H](OC(C)=O)[C@H]1[CH2][Hg][CH3]. The molecule has 0 heterocycles. The van der Waals surface area contributed by atoms with E-state index in [0.29, 0.717) is 12.0 Å².